The zero-order chi connectivity index (χ0) is 21.7. The van der Waals surface area contributed by atoms with Gasteiger partial charge < -0.3 is 20.5 Å². The number of nitrogens with zero attached hydrogens (tertiary/aromatic N) is 2. The molecule has 7 nitrogen and oxygen atoms in total. The average molecular weight is 410 g/mol. The van der Waals surface area contributed by atoms with Crippen molar-refractivity contribution in [3.63, 3.8) is 0 Å². The number of hydrogen-bond donors (Lipinski definition) is 3. The van der Waals surface area contributed by atoms with Crippen LogP contribution in [-0.4, -0.2) is 27.7 Å². The Bertz CT molecular complexity index is 1050. The summed E-state index contributed by atoms with van der Waals surface area (Å²) in [7, 11) is 0. The molecule has 0 saturated heterocycles. The van der Waals surface area contributed by atoms with Crippen molar-refractivity contribution < 1.29 is 19.0 Å². The van der Waals surface area contributed by atoms with Crippen molar-refractivity contribution in [1.82, 2.24) is 9.97 Å². The molecule has 0 aliphatic heterocycles. The van der Waals surface area contributed by atoms with E-state index < -0.39 is 18.4 Å². The summed E-state index contributed by atoms with van der Waals surface area (Å²) < 4.78 is 19.4. The molecule has 2 aromatic carbocycles. The molecule has 0 saturated carbocycles. The van der Waals surface area contributed by atoms with E-state index in [1.165, 1.54) is 0 Å². The van der Waals surface area contributed by atoms with Crippen LogP contribution in [0.25, 0.3) is 0 Å². The van der Waals surface area contributed by atoms with Gasteiger partial charge in [0.05, 0.1) is 6.20 Å². The molecule has 156 valence electrons. The van der Waals surface area contributed by atoms with Crippen LogP contribution < -0.4 is 15.4 Å². The summed E-state index contributed by atoms with van der Waals surface area (Å²) in [6, 6.07) is 14.4. The van der Waals surface area contributed by atoms with Crippen molar-refractivity contribution in [2.45, 2.75) is 26.2 Å². The molecule has 1 heterocycles. The van der Waals surface area contributed by atoms with Gasteiger partial charge in [0, 0.05) is 17.4 Å². The number of aromatic nitrogens is 2. The van der Waals surface area contributed by atoms with Crippen molar-refractivity contribution in [3.8, 4) is 5.75 Å². The summed E-state index contributed by atoms with van der Waals surface area (Å²) in [4.78, 5) is 18.8. The van der Waals surface area contributed by atoms with Gasteiger partial charge in [-0.2, -0.15) is 4.98 Å². The third-order valence-electron chi connectivity index (χ3n) is 4.19. The van der Waals surface area contributed by atoms with E-state index >= 15 is 0 Å². The van der Waals surface area contributed by atoms with Gasteiger partial charge in [-0.25, -0.2) is 14.2 Å². The first-order valence-corrected chi connectivity index (χ1v) is 9.32. The summed E-state index contributed by atoms with van der Waals surface area (Å²) in [6.45, 7) is 5.87. The Hall–Kier alpha value is -3.68. The maximum Gasteiger partial charge on any atom is 0.341 e. The number of nitrogens with one attached hydrogen (secondary N) is 2. The standard InChI is InChI=1S/C22H23FN4O3/c1-22(2,3)14-6-4-7-15(10-14)25-20-18(23)12-24-21(27-20)26-16-8-5-9-17(11-16)30-13-19(28)29/h4-12H,13H2,1-3H3,(H,28,29)(H2,24,25,26,27). The van der Waals surface area contributed by atoms with Crippen molar-refractivity contribution in [3.05, 3.63) is 66.1 Å². The van der Waals surface area contributed by atoms with Gasteiger partial charge in [0.15, 0.2) is 18.2 Å². The van der Waals surface area contributed by atoms with Crippen LogP contribution in [0.2, 0.25) is 0 Å². The SMILES string of the molecule is CC(C)(C)c1cccc(Nc2nc(Nc3cccc(OCC(=O)O)c3)ncc2F)c1. The zero-order valence-corrected chi connectivity index (χ0v) is 16.9. The second kappa shape index (κ2) is 8.77. The van der Waals surface area contributed by atoms with Crippen molar-refractivity contribution in [1.29, 1.82) is 0 Å². The Balaban J connectivity index is 1.78. The molecule has 1 aromatic heterocycles. The van der Waals surface area contributed by atoms with Gasteiger partial charge in [0.2, 0.25) is 5.95 Å². The summed E-state index contributed by atoms with van der Waals surface area (Å²) in [5.41, 5.74) is 2.36. The Kier molecular flexibility index (Phi) is 6.15. The fraction of sp³-hybridized carbons (Fsp3) is 0.227. The average Bonchev–Trinajstić information content (AvgIpc) is 2.69. The van der Waals surface area contributed by atoms with Crippen molar-refractivity contribution in [2.24, 2.45) is 0 Å². The summed E-state index contributed by atoms with van der Waals surface area (Å²) >= 11 is 0. The second-order valence-electron chi connectivity index (χ2n) is 7.68. The van der Waals surface area contributed by atoms with Crippen LogP contribution in [0.1, 0.15) is 26.3 Å². The highest BCUT2D eigenvalue weighted by atomic mass is 19.1. The van der Waals surface area contributed by atoms with E-state index in [0.29, 0.717) is 11.4 Å². The third kappa shape index (κ3) is 5.66. The predicted molar refractivity (Wildman–Crippen MR) is 113 cm³/mol. The molecule has 0 bridgehead atoms. The van der Waals surface area contributed by atoms with Crippen LogP contribution in [0.3, 0.4) is 0 Å². The molecule has 3 rings (SSSR count). The highest BCUT2D eigenvalue weighted by Crippen LogP contribution is 2.27. The summed E-state index contributed by atoms with van der Waals surface area (Å²) in [5, 5.41) is 14.7. The van der Waals surface area contributed by atoms with E-state index in [-0.39, 0.29) is 17.2 Å². The normalized spacial score (nSPS) is 11.1. The number of hydrogen-bond acceptors (Lipinski definition) is 6. The molecular weight excluding hydrogens is 387 g/mol. The number of aliphatic carboxylic acids is 1. The third-order valence-corrected chi connectivity index (χ3v) is 4.19. The van der Waals surface area contributed by atoms with Gasteiger partial charge in [-0.1, -0.05) is 39.0 Å². The first-order chi connectivity index (χ1) is 14.2. The van der Waals surface area contributed by atoms with Crippen LogP contribution in [0.4, 0.5) is 27.5 Å². The van der Waals surface area contributed by atoms with E-state index in [9.17, 15) is 9.18 Å². The van der Waals surface area contributed by atoms with Gasteiger partial charge in [-0.05, 0) is 35.2 Å². The lowest BCUT2D eigenvalue weighted by molar-refractivity contribution is -0.139. The minimum absolute atomic E-state index is 0.0387. The second-order valence-corrected chi connectivity index (χ2v) is 7.68. The smallest absolute Gasteiger partial charge is 0.341 e. The molecule has 3 N–H and O–H groups in total. The van der Waals surface area contributed by atoms with E-state index in [4.69, 9.17) is 9.84 Å². The van der Waals surface area contributed by atoms with E-state index in [0.717, 1.165) is 17.4 Å². The molecule has 30 heavy (non-hydrogen) atoms. The van der Waals surface area contributed by atoms with Gasteiger partial charge in [0.1, 0.15) is 5.75 Å². The Morgan fingerprint density at radius 1 is 1.10 bits per heavy atom. The summed E-state index contributed by atoms with van der Waals surface area (Å²) in [5.74, 6) is -1.05. The molecule has 0 radical (unpaired) electrons. The molecule has 8 heteroatoms. The molecule has 0 aliphatic rings. The molecule has 3 aromatic rings. The van der Waals surface area contributed by atoms with Gasteiger partial charge in [-0.3, -0.25) is 0 Å². The number of halogens is 1. The van der Waals surface area contributed by atoms with Crippen molar-refractivity contribution >= 4 is 29.1 Å². The van der Waals surface area contributed by atoms with Gasteiger partial charge in [-0.15, -0.1) is 0 Å². The van der Waals surface area contributed by atoms with Crippen LogP contribution in [0.5, 0.6) is 5.75 Å². The number of carbonyl (C=O) groups is 1. The van der Waals surface area contributed by atoms with Crippen molar-refractivity contribution in [2.75, 3.05) is 17.2 Å². The van der Waals surface area contributed by atoms with Gasteiger partial charge in [0.25, 0.3) is 0 Å². The van der Waals surface area contributed by atoms with Crippen LogP contribution in [0.15, 0.2) is 54.7 Å². The first kappa shape index (κ1) is 21.0. The van der Waals surface area contributed by atoms with E-state index in [1.54, 1.807) is 24.3 Å². The van der Waals surface area contributed by atoms with Gasteiger partial charge >= 0.3 is 5.97 Å². The maximum absolute atomic E-state index is 14.3. The van der Waals surface area contributed by atoms with E-state index in [1.807, 2.05) is 24.3 Å². The quantitative estimate of drug-likeness (QED) is 0.512. The minimum atomic E-state index is -1.07. The lowest BCUT2D eigenvalue weighted by atomic mass is 9.87. The Labute approximate surface area is 174 Å². The highest BCUT2D eigenvalue weighted by molar-refractivity contribution is 5.68. The zero-order valence-electron chi connectivity index (χ0n) is 16.9. The molecule has 0 atom stereocenters. The Morgan fingerprint density at radius 2 is 1.80 bits per heavy atom. The fourth-order valence-electron chi connectivity index (χ4n) is 2.65. The number of ether oxygens (including phenoxy) is 1. The van der Waals surface area contributed by atoms with Crippen LogP contribution >= 0.6 is 0 Å². The molecule has 0 spiro atoms. The molecule has 0 unspecified atom stereocenters. The fourth-order valence-corrected chi connectivity index (χ4v) is 2.65. The monoisotopic (exact) mass is 410 g/mol. The molecular formula is C22H23FN4O3. The maximum atomic E-state index is 14.3. The number of anilines is 4. The minimum Gasteiger partial charge on any atom is -0.482 e. The highest BCUT2D eigenvalue weighted by Gasteiger charge is 2.14. The number of carboxylic acid groups (broad SMARTS) is 1. The molecule has 0 aliphatic carbocycles. The largest absolute Gasteiger partial charge is 0.482 e. The lowest BCUT2D eigenvalue weighted by Gasteiger charge is -2.20. The topological polar surface area (TPSA) is 96.4 Å². The van der Waals surface area contributed by atoms with Crippen LogP contribution in [0, 0.1) is 5.82 Å². The van der Waals surface area contributed by atoms with Crippen LogP contribution in [-0.2, 0) is 10.2 Å². The Morgan fingerprint density at radius 3 is 2.50 bits per heavy atom. The first-order valence-electron chi connectivity index (χ1n) is 9.32. The number of carboxylic acids is 1. The molecule has 0 amide bonds. The summed E-state index contributed by atoms with van der Waals surface area (Å²) in [6.07, 6.45) is 1.08. The number of benzene rings is 2. The predicted octanol–water partition coefficient (Wildman–Crippen LogP) is 4.86. The lowest BCUT2D eigenvalue weighted by Crippen LogP contribution is -2.11. The number of rotatable bonds is 7. The van der Waals surface area contributed by atoms with E-state index in [2.05, 4.69) is 41.4 Å². The molecule has 0 fully saturated rings.